The van der Waals surface area contributed by atoms with Crippen LogP contribution in [0.25, 0.3) is 11.4 Å². The molecule has 0 spiro atoms. The second-order valence-corrected chi connectivity index (χ2v) is 6.75. The first-order valence-electron chi connectivity index (χ1n) is 9.06. The Morgan fingerprint density at radius 1 is 1.32 bits per heavy atom. The molecule has 1 aliphatic heterocycles. The first kappa shape index (κ1) is 17.6. The van der Waals surface area contributed by atoms with E-state index in [4.69, 9.17) is 4.52 Å². The summed E-state index contributed by atoms with van der Waals surface area (Å²) in [5.41, 5.74) is 0.956. The highest BCUT2D eigenvalue weighted by Gasteiger charge is 2.26. The van der Waals surface area contributed by atoms with Gasteiger partial charge >= 0.3 is 0 Å². The first-order valence-corrected chi connectivity index (χ1v) is 9.06. The highest BCUT2D eigenvalue weighted by Crippen LogP contribution is 2.20. The first-order chi connectivity index (χ1) is 12.2. The van der Waals surface area contributed by atoms with E-state index in [-0.39, 0.29) is 17.9 Å². The second kappa shape index (κ2) is 8.25. The Kier molecular flexibility index (Phi) is 5.81. The van der Waals surface area contributed by atoms with Crippen molar-refractivity contribution in [2.24, 2.45) is 5.92 Å². The second-order valence-electron chi connectivity index (χ2n) is 6.75. The Hall–Kier alpha value is -2.21. The quantitative estimate of drug-likeness (QED) is 0.874. The zero-order chi connectivity index (χ0) is 17.6. The number of amides is 1. The summed E-state index contributed by atoms with van der Waals surface area (Å²) in [7, 11) is 0. The van der Waals surface area contributed by atoms with Crippen molar-refractivity contribution in [1.29, 1.82) is 0 Å². The summed E-state index contributed by atoms with van der Waals surface area (Å²) in [5.74, 6) is 1.56. The maximum Gasteiger partial charge on any atom is 0.241 e. The van der Waals surface area contributed by atoms with Gasteiger partial charge < -0.3 is 9.84 Å². The largest absolute Gasteiger partial charge is 0.353 e. The molecule has 6 nitrogen and oxygen atoms in total. The Balaban J connectivity index is 1.50. The Labute approximate surface area is 148 Å². The number of hydrogen-bond acceptors (Lipinski definition) is 5. The van der Waals surface area contributed by atoms with Crippen LogP contribution in [0.4, 0.5) is 0 Å². The molecule has 25 heavy (non-hydrogen) atoms. The molecule has 1 aromatic carbocycles. The van der Waals surface area contributed by atoms with Gasteiger partial charge in [-0.2, -0.15) is 4.98 Å². The summed E-state index contributed by atoms with van der Waals surface area (Å²) >= 11 is 0. The molecular weight excluding hydrogens is 316 g/mol. The fraction of sp³-hybridized carbons (Fsp3) is 0.526. The molecule has 1 amide bonds. The van der Waals surface area contributed by atoms with Gasteiger partial charge in [0.25, 0.3) is 0 Å². The summed E-state index contributed by atoms with van der Waals surface area (Å²) in [6.45, 7) is 6.53. The number of piperidine rings is 1. The maximum absolute atomic E-state index is 12.2. The third-order valence-corrected chi connectivity index (χ3v) is 4.82. The van der Waals surface area contributed by atoms with E-state index < -0.39 is 0 Å². The van der Waals surface area contributed by atoms with Crippen molar-refractivity contribution in [2.45, 2.75) is 45.7 Å². The molecule has 1 aromatic heterocycles. The molecule has 1 fully saturated rings. The summed E-state index contributed by atoms with van der Waals surface area (Å²) in [4.78, 5) is 19.0. The van der Waals surface area contributed by atoms with E-state index in [1.54, 1.807) is 0 Å². The molecule has 0 radical (unpaired) electrons. The SMILES string of the molecule is CCC(C)NC(=O)C1CCN(Cc2nc(-c3ccccc3)no2)CC1. The number of likely N-dealkylation sites (tertiary alicyclic amines) is 1. The van der Waals surface area contributed by atoms with Gasteiger partial charge in [0.1, 0.15) is 0 Å². The van der Waals surface area contributed by atoms with Gasteiger partial charge in [0.05, 0.1) is 6.54 Å². The number of carbonyl (C=O) groups is 1. The molecular formula is C19H26N4O2. The van der Waals surface area contributed by atoms with Crippen LogP contribution in [0.5, 0.6) is 0 Å². The zero-order valence-corrected chi connectivity index (χ0v) is 14.9. The third-order valence-electron chi connectivity index (χ3n) is 4.82. The van der Waals surface area contributed by atoms with Crippen molar-refractivity contribution in [1.82, 2.24) is 20.4 Å². The van der Waals surface area contributed by atoms with E-state index in [9.17, 15) is 4.79 Å². The maximum atomic E-state index is 12.2. The van der Waals surface area contributed by atoms with E-state index in [1.165, 1.54) is 0 Å². The van der Waals surface area contributed by atoms with Crippen LogP contribution in [0.3, 0.4) is 0 Å². The van der Waals surface area contributed by atoms with Gasteiger partial charge in [-0.3, -0.25) is 9.69 Å². The van der Waals surface area contributed by atoms with Crippen LogP contribution in [-0.4, -0.2) is 40.1 Å². The number of benzene rings is 1. The fourth-order valence-corrected chi connectivity index (χ4v) is 3.03. The summed E-state index contributed by atoms with van der Waals surface area (Å²) in [6.07, 6.45) is 2.72. The normalized spacial score (nSPS) is 17.4. The molecule has 1 aliphatic rings. The monoisotopic (exact) mass is 342 g/mol. The van der Waals surface area contributed by atoms with Gasteiger partial charge in [-0.1, -0.05) is 42.4 Å². The minimum Gasteiger partial charge on any atom is -0.353 e. The lowest BCUT2D eigenvalue weighted by molar-refractivity contribution is -0.127. The molecule has 1 saturated heterocycles. The predicted octanol–water partition coefficient (Wildman–Crippen LogP) is 2.86. The average molecular weight is 342 g/mol. The van der Waals surface area contributed by atoms with Crippen LogP contribution in [-0.2, 0) is 11.3 Å². The molecule has 2 heterocycles. The number of hydrogen-bond donors (Lipinski definition) is 1. The molecule has 6 heteroatoms. The fourth-order valence-electron chi connectivity index (χ4n) is 3.03. The minimum atomic E-state index is 0.118. The summed E-state index contributed by atoms with van der Waals surface area (Å²) in [6, 6.07) is 10.1. The highest BCUT2D eigenvalue weighted by atomic mass is 16.5. The predicted molar refractivity (Wildman–Crippen MR) is 95.6 cm³/mol. The highest BCUT2D eigenvalue weighted by molar-refractivity contribution is 5.79. The molecule has 2 aromatic rings. The van der Waals surface area contributed by atoms with E-state index in [1.807, 2.05) is 37.3 Å². The Morgan fingerprint density at radius 3 is 2.72 bits per heavy atom. The lowest BCUT2D eigenvalue weighted by Gasteiger charge is -2.30. The van der Waals surface area contributed by atoms with Crippen molar-refractivity contribution in [3.63, 3.8) is 0 Å². The minimum absolute atomic E-state index is 0.118. The van der Waals surface area contributed by atoms with E-state index in [0.717, 1.165) is 37.9 Å². The van der Waals surface area contributed by atoms with E-state index in [0.29, 0.717) is 18.3 Å². The molecule has 1 atom stereocenters. The Morgan fingerprint density at radius 2 is 2.04 bits per heavy atom. The third kappa shape index (κ3) is 4.66. The van der Waals surface area contributed by atoms with Gasteiger partial charge in [0.15, 0.2) is 0 Å². The topological polar surface area (TPSA) is 71.3 Å². The molecule has 0 saturated carbocycles. The number of carbonyl (C=O) groups excluding carboxylic acids is 1. The molecule has 134 valence electrons. The van der Waals surface area contributed by atoms with Crippen molar-refractivity contribution < 1.29 is 9.32 Å². The van der Waals surface area contributed by atoms with Gasteiger partial charge in [-0.05, 0) is 39.3 Å². The number of nitrogens with zero attached hydrogens (tertiary/aromatic N) is 3. The van der Waals surface area contributed by atoms with Crippen LogP contribution in [0.1, 0.15) is 39.0 Å². The van der Waals surface area contributed by atoms with Crippen molar-refractivity contribution in [3.05, 3.63) is 36.2 Å². The number of aromatic nitrogens is 2. The zero-order valence-electron chi connectivity index (χ0n) is 14.9. The van der Waals surface area contributed by atoms with Crippen molar-refractivity contribution in [3.8, 4) is 11.4 Å². The van der Waals surface area contributed by atoms with E-state index in [2.05, 4.69) is 27.3 Å². The number of rotatable bonds is 6. The van der Waals surface area contributed by atoms with Crippen molar-refractivity contribution >= 4 is 5.91 Å². The van der Waals surface area contributed by atoms with Gasteiger partial charge in [0.2, 0.25) is 17.6 Å². The van der Waals surface area contributed by atoms with Crippen LogP contribution >= 0.6 is 0 Å². The van der Waals surface area contributed by atoms with Gasteiger partial charge in [-0.15, -0.1) is 0 Å². The average Bonchev–Trinajstić information content (AvgIpc) is 3.11. The molecule has 3 rings (SSSR count). The van der Waals surface area contributed by atoms with Gasteiger partial charge in [-0.25, -0.2) is 0 Å². The molecule has 1 N–H and O–H groups in total. The summed E-state index contributed by atoms with van der Waals surface area (Å²) < 4.78 is 5.38. The van der Waals surface area contributed by atoms with Crippen LogP contribution in [0.15, 0.2) is 34.9 Å². The molecule has 0 aliphatic carbocycles. The standard InChI is InChI=1S/C19H26N4O2/c1-3-14(2)20-19(24)16-9-11-23(12-10-16)13-17-21-18(22-25-17)15-7-5-4-6-8-15/h4-8,14,16H,3,9-13H2,1-2H3,(H,20,24). The lowest BCUT2D eigenvalue weighted by atomic mass is 9.95. The number of nitrogens with one attached hydrogen (secondary N) is 1. The molecule has 0 bridgehead atoms. The van der Waals surface area contributed by atoms with E-state index >= 15 is 0 Å². The smallest absolute Gasteiger partial charge is 0.241 e. The van der Waals surface area contributed by atoms with Crippen molar-refractivity contribution in [2.75, 3.05) is 13.1 Å². The Bertz CT molecular complexity index is 678. The molecule has 1 unspecified atom stereocenters. The van der Waals surface area contributed by atoms with Crippen LogP contribution in [0.2, 0.25) is 0 Å². The van der Waals surface area contributed by atoms with Crippen LogP contribution < -0.4 is 5.32 Å². The lowest BCUT2D eigenvalue weighted by Crippen LogP contribution is -2.42. The summed E-state index contributed by atoms with van der Waals surface area (Å²) in [5, 5.41) is 7.15. The van der Waals surface area contributed by atoms with Gasteiger partial charge in [0, 0.05) is 17.5 Å². The van der Waals surface area contributed by atoms with Crippen LogP contribution in [0, 0.1) is 5.92 Å².